The lowest BCUT2D eigenvalue weighted by Gasteiger charge is -2.09. The molecule has 6 heteroatoms. The summed E-state index contributed by atoms with van der Waals surface area (Å²) in [5, 5.41) is 5.99. The summed E-state index contributed by atoms with van der Waals surface area (Å²) in [6, 6.07) is 13.4. The van der Waals surface area contributed by atoms with E-state index in [1.54, 1.807) is 23.7 Å². The van der Waals surface area contributed by atoms with E-state index in [0.717, 1.165) is 21.8 Å². The van der Waals surface area contributed by atoms with Crippen LogP contribution in [-0.2, 0) is 0 Å². The lowest BCUT2D eigenvalue weighted by Crippen LogP contribution is -2.14. The summed E-state index contributed by atoms with van der Waals surface area (Å²) in [5.74, 6) is 1.37. The van der Waals surface area contributed by atoms with Crippen molar-refractivity contribution in [2.24, 2.45) is 9.98 Å². The fourth-order valence-corrected chi connectivity index (χ4v) is 3.09. The average molecular weight is 339 g/mol. The van der Waals surface area contributed by atoms with Crippen molar-refractivity contribution < 1.29 is 0 Å². The smallest absolute Gasteiger partial charge is 0.172 e. The summed E-state index contributed by atoms with van der Waals surface area (Å²) in [5.41, 5.74) is 2.52. The summed E-state index contributed by atoms with van der Waals surface area (Å²) >= 11 is 7.73. The quantitative estimate of drug-likeness (QED) is 0.733. The molecule has 0 saturated carbocycles. The predicted octanol–water partition coefficient (Wildman–Crippen LogP) is 4.75. The number of amidine groups is 2. The molecule has 0 amide bonds. The zero-order chi connectivity index (χ0) is 15.6. The Balaban J connectivity index is 1.90. The van der Waals surface area contributed by atoms with Gasteiger partial charge in [0.2, 0.25) is 0 Å². The Morgan fingerprint density at radius 2 is 2.00 bits per heavy atom. The van der Waals surface area contributed by atoms with Crippen molar-refractivity contribution in [1.82, 2.24) is 4.98 Å². The summed E-state index contributed by atoms with van der Waals surface area (Å²) in [6.07, 6.45) is 3.51. The Morgan fingerprint density at radius 1 is 1.04 bits per heavy atom. The molecule has 1 aromatic carbocycles. The number of aliphatic imine (C=N–C) groups is 2. The third-order valence-corrected chi connectivity index (χ3v) is 4.43. The molecule has 1 aliphatic heterocycles. The molecule has 2 aromatic heterocycles. The molecule has 23 heavy (non-hydrogen) atoms. The molecule has 1 N–H and O–H groups in total. The van der Waals surface area contributed by atoms with Crippen molar-refractivity contribution in [3.63, 3.8) is 0 Å². The monoisotopic (exact) mass is 338 g/mol. The second kappa shape index (κ2) is 5.95. The first-order valence-electron chi connectivity index (χ1n) is 6.98. The Morgan fingerprint density at radius 3 is 2.78 bits per heavy atom. The van der Waals surface area contributed by atoms with E-state index < -0.39 is 0 Å². The standard InChI is InChI=1S/C17H11ClN4S/c18-12-5-6-13-14(9-12)21-16(11-3-1-7-19-10-11)22-17(20-13)15-4-2-8-23-15/h1-10H,(H,20,21,22). The molecule has 0 fully saturated rings. The van der Waals surface area contributed by atoms with Crippen LogP contribution in [0.15, 0.2) is 70.2 Å². The van der Waals surface area contributed by atoms with E-state index in [4.69, 9.17) is 21.6 Å². The van der Waals surface area contributed by atoms with Crippen molar-refractivity contribution in [2.75, 3.05) is 5.32 Å². The first kappa shape index (κ1) is 14.1. The molecule has 0 saturated heterocycles. The number of pyridine rings is 1. The normalized spacial score (nSPS) is 13.4. The molecular weight excluding hydrogens is 328 g/mol. The third kappa shape index (κ3) is 2.88. The SMILES string of the molecule is Clc1ccc2c(c1)NC(c1cccnc1)=NC(c1cccs1)=N2. The Hall–Kier alpha value is -2.50. The molecule has 0 unspecified atom stereocenters. The van der Waals surface area contributed by atoms with Crippen LogP contribution in [0.3, 0.4) is 0 Å². The van der Waals surface area contributed by atoms with Gasteiger partial charge in [0.25, 0.3) is 0 Å². The highest BCUT2D eigenvalue weighted by molar-refractivity contribution is 7.12. The van der Waals surface area contributed by atoms with Crippen LogP contribution >= 0.6 is 22.9 Å². The molecule has 0 aliphatic carbocycles. The zero-order valence-corrected chi connectivity index (χ0v) is 13.5. The van der Waals surface area contributed by atoms with Gasteiger partial charge in [0.15, 0.2) is 5.84 Å². The molecule has 112 valence electrons. The fourth-order valence-electron chi connectivity index (χ4n) is 2.26. The minimum absolute atomic E-state index is 0.650. The number of benzene rings is 1. The van der Waals surface area contributed by atoms with Crippen LogP contribution in [0, 0.1) is 0 Å². The highest BCUT2D eigenvalue weighted by atomic mass is 35.5. The van der Waals surface area contributed by atoms with Gasteiger partial charge >= 0.3 is 0 Å². The Labute approximate surface area is 142 Å². The number of hydrogen-bond acceptors (Lipinski definition) is 5. The molecule has 4 rings (SSSR count). The van der Waals surface area contributed by atoms with Gasteiger partial charge in [-0.2, -0.15) is 0 Å². The summed E-state index contributed by atoms with van der Waals surface area (Å²) < 4.78 is 0. The third-order valence-electron chi connectivity index (χ3n) is 3.33. The number of nitrogens with one attached hydrogen (secondary N) is 1. The van der Waals surface area contributed by atoms with E-state index in [-0.39, 0.29) is 0 Å². The molecule has 1 aliphatic rings. The number of thiophene rings is 1. The first-order chi connectivity index (χ1) is 11.3. The van der Waals surface area contributed by atoms with Crippen LogP contribution in [0.25, 0.3) is 0 Å². The molecule has 0 bridgehead atoms. The highest BCUT2D eigenvalue weighted by Gasteiger charge is 2.16. The van der Waals surface area contributed by atoms with Gasteiger partial charge in [-0.25, -0.2) is 9.98 Å². The van der Waals surface area contributed by atoms with Crippen LogP contribution in [0.2, 0.25) is 5.02 Å². The van der Waals surface area contributed by atoms with E-state index >= 15 is 0 Å². The van der Waals surface area contributed by atoms with E-state index in [1.807, 2.05) is 47.8 Å². The first-order valence-corrected chi connectivity index (χ1v) is 8.23. The number of anilines is 1. The topological polar surface area (TPSA) is 49.6 Å². The average Bonchev–Trinajstić information content (AvgIpc) is 3.04. The summed E-state index contributed by atoms with van der Waals surface area (Å²) in [7, 11) is 0. The largest absolute Gasteiger partial charge is 0.338 e. The maximum absolute atomic E-state index is 6.12. The Bertz CT molecular complexity index is 902. The molecular formula is C17H11ClN4S. The van der Waals surface area contributed by atoms with Crippen molar-refractivity contribution in [3.05, 3.63) is 75.7 Å². The van der Waals surface area contributed by atoms with Gasteiger partial charge in [0.1, 0.15) is 5.84 Å². The maximum Gasteiger partial charge on any atom is 0.172 e. The minimum atomic E-state index is 0.650. The van der Waals surface area contributed by atoms with E-state index in [0.29, 0.717) is 16.7 Å². The number of rotatable bonds is 2. The number of fused-ring (bicyclic) bond motifs is 1. The van der Waals surface area contributed by atoms with Crippen molar-refractivity contribution in [2.45, 2.75) is 0 Å². The van der Waals surface area contributed by atoms with E-state index in [9.17, 15) is 0 Å². The maximum atomic E-state index is 6.12. The van der Waals surface area contributed by atoms with Gasteiger partial charge in [-0.15, -0.1) is 11.3 Å². The predicted molar refractivity (Wildman–Crippen MR) is 96.4 cm³/mol. The lowest BCUT2D eigenvalue weighted by atomic mass is 10.2. The van der Waals surface area contributed by atoms with Crippen molar-refractivity contribution in [1.29, 1.82) is 0 Å². The number of hydrogen-bond donors (Lipinski definition) is 1. The highest BCUT2D eigenvalue weighted by Crippen LogP contribution is 2.32. The van der Waals surface area contributed by atoms with E-state index in [2.05, 4.69) is 10.3 Å². The second-order valence-corrected chi connectivity index (χ2v) is 6.29. The van der Waals surface area contributed by atoms with Crippen LogP contribution in [0.5, 0.6) is 0 Å². The molecule has 3 aromatic rings. The van der Waals surface area contributed by atoms with Gasteiger partial charge in [0.05, 0.1) is 16.3 Å². The van der Waals surface area contributed by atoms with Crippen LogP contribution < -0.4 is 5.32 Å². The van der Waals surface area contributed by atoms with Crippen molar-refractivity contribution >= 4 is 46.0 Å². The molecule has 0 spiro atoms. The van der Waals surface area contributed by atoms with Crippen molar-refractivity contribution in [3.8, 4) is 0 Å². The molecule has 3 heterocycles. The number of aromatic nitrogens is 1. The number of halogens is 1. The molecule has 0 radical (unpaired) electrons. The summed E-state index contributed by atoms with van der Waals surface area (Å²) in [4.78, 5) is 14.6. The lowest BCUT2D eigenvalue weighted by molar-refractivity contribution is 1.31. The fraction of sp³-hybridized carbons (Fsp3) is 0. The zero-order valence-electron chi connectivity index (χ0n) is 11.9. The van der Waals surface area contributed by atoms with Crippen LogP contribution in [-0.4, -0.2) is 16.7 Å². The van der Waals surface area contributed by atoms with Gasteiger partial charge in [-0.3, -0.25) is 4.98 Å². The van der Waals surface area contributed by atoms with Gasteiger partial charge in [-0.1, -0.05) is 17.7 Å². The molecule has 4 nitrogen and oxygen atoms in total. The second-order valence-electron chi connectivity index (χ2n) is 4.90. The number of nitrogens with zero attached hydrogens (tertiary/aromatic N) is 3. The molecule has 0 atom stereocenters. The van der Waals surface area contributed by atoms with Gasteiger partial charge < -0.3 is 5.32 Å². The minimum Gasteiger partial charge on any atom is -0.338 e. The van der Waals surface area contributed by atoms with Gasteiger partial charge in [0, 0.05) is 23.0 Å². The van der Waals surface area contributed by atoms with Crippen LogP contribution in [0.4, 0.5) is 11.4 Å². The summed E-state index contributed by atoms with van der Waals surface area (Å²) in [6.45, 7) is 0. The van der Waals surface area contributed by atoms with E-state index in [1.165, 1.54) is 0 Å². The van der Waals surface area contributed by atoms with Gasteiger partial charge in [-0.05, 0) is 41.8 Å². The Kier molecular flexibility index (Phi) is 3.65. The van der Waals surface area contributed by atoms with Crippen LogP contribution in [0.1, 0.15) is 10.4 Å².